The summed E-state index contributed by atoms with van der Waals surface area (Å²) in [5, 5.41) is 14.6. The predicted octanol–water partition coefficient (Wildman–Crippen LogP) is 2.06. The van der Waals surface area contributed by atoms with Crippen LogP contribution in [0.4, 0.5) is 4.79 Å². The van der Waals surface area contributed by atoms with E-state index in [2.05, 4.69) is 17.6 Å². The molecule has 1 amide bonds. The van der Waals surface area contributed by atoms with Gasteiger partial charge in [-0.3, -0.25) is 0 Å². The molecule has 0 saturated heterocycles. The molecule has 1 aliphatic rings. The van der Waals surface area contributed by atoms with Crippen LogP contribution in [0.2, 0.25) is 0 Å². The van der Waals surface area contributed by atoms with Crippen molar-refractivity contribution in [1.82, 2.24) is 10.6 Å². The van der Waals surface area contributed by atoms with Gasteiger partial charge in [-0.1, -0.05) is 19.8 Å². The van der Waals surface area contributed by atoms with Crippen molar-refractivity contribution >= 4 is 6.09 Å². The maximum atomic E-state index is 10.6. The van der Waals surface area contributed by atoms with E-state index in [1.807, 2.05) is 14.0 Å². The summed E-state index contributed by atoms with van der Waals surface area (Å²) in [7, 11) is 1.92. The number of hydrogen-bond acceptors (Lipinski definition) is 2. The fourth-order valence-electron chi connectivity index (χ4n) is 2.82. The zero-order valence-corrected chi connectivity index (χ0v) is 10.5. The Morgan fingerprint density at radius 2 is 1.88 bits per heavy atom. The van der Waals surface area contributed by atoms with Crippen LogP contribution in [0.3, 0.4) is 0 Å². The van der Waals surface area contributed by atoms with E-state index >= 15 is 0 Å². The van der Waals surface area contributed by atoms with E-state index in [0.29, 0.717) is 5.92 Å². The van der Waals surface area contributed by atoms with E-state index in [0.717, 1.165) is 5.92 Å². The van der Waals surface area contributed by atoms with Gasteiger partial charge in [-0.25, -0.2) is 4.79 Å². The van der Waals surface area contributed by atoms with Gasteiger partial charge in [0.15, 0.2) is 0 Å². The van der Waals surface area contributed by atoms with E-state index in [1.54, 1.807) is 0 Å². The summed E-state index contributed by atoms with van der Waals surface area (Å²) in [4.78, 5) is 10.6. The molecule has 3 N–H and O–H groups in total. The van der Waals surface area contributed by atoms with Crippen LogP contribution in [0, 0.1) is 11.8 Å². The van der Waals surface area contributed by atoms with Crippen LogP contribution in [0.5, 0.6) is 0 Å². The molecule has 0 aromatic rings. The van der Waals surface area contributed by atoms with Gasteiger partial charge in [-0.2, -0.15) is 0 Å². The third-order valence-corrected chi connectivity index (χ3v) is 3.79. The van der Waals surface area contributed by atoms with Gasteiger partial charge in [0.2, 0.25) is 0 Å². The Kier molecular flexibility index (Phi) is 5.06. The van der Waals surface area contributed by atoms with E-state index in [1.165, 1.54) is 25.7 Å². The number of carboxylic acid groups (broad SMARTS) is 1. The fourth-order valence-corrected chi connectivity index (χ4v) is 2.82. The quantitative estimate of drug-likeness (QED) is 0.690. The van der Waals surface area contributed by atoms with Crippen LogP contribution in [0.15, 0.2) is 0 Å². The average molecular weight is 228 g/mol. The highest BCUT2D eigenvalue weighted by atomic mass is 16.4. The molecule has 2 atom stereocenters. The molecule has 0 aliphatic heterocycles. The van der Waals surface area contributed by atoms with Crippen molar-refractivity contribution in [2.75, 3.05) is 7.05 Å². The number of likely N-dealkylation sites (N-methyl/N-ethyl adjacent to an activating group) is 1. The van der Waals surface area contributed by atoms with Crippen LogP contribution in [0.25, 0.3) is 0 Å². The van der Waals surface area contributed by atoms with Gasteiger partial charge in [0.05, 0.1) is 0 Å². The van der Waals surface area contributed by atoms with Crippen LogP contribution in [-0.4, -0.2) is 30.3 Å². The van der Waals surface area contributed by atoms with Crippen molar-refractivity contribution in [3.8, 4) is 0 Å². The van der Waals surface area contributed by atoms with Gasteiger partial charge in [0.25, 0.3) is 0 Å². The van der Waals surface area contributed by atoms with Crippen molar-refractivity contribution in [3.05, 3.63) is 0 Å². The largest absolute Gasteiger partial charge is 0.465 e. The maximum absolute atomic E-state index is 10.6. The Labute approximate surface area is 97.8 Å². The topological polar surface area (TPSA) is 61.4 Å². The average Bonchev–Trinajstić information content (AvgIpc) is 2.21. The number of amides is 1. The summed E-state index contributed by atoms with van der Waals surface area (Å²) < 4.78 is 0. The van der Waals surface area contributed by atoms with Crippen molar-refractivity contribution in [2.45, 2.75) is 51.6 Å². The summed E-state index contributed by atoms with van der Waals surface area (Å²) >= 11 is 0. The summed E-state index contributed by atoms with van der Waals surface area (Å²) in [5.41, 5.74) is 0. The number of nitrogens with one attached hydrogen (secondary N) is 2. The Morgan fingerprint density at radius 3 is 2.31 bits per heavy atom. The van der Waals surface area contributed by atoms with Crippen LogP contribution >= 0.6 is 0 Å². The molecule has 0 spiro atoms. The second-order valence-corrected chi connectivity index (χ2v) is 5.07. The minimum absolute atomic E-state index is 0.0269. The molecule has 1 fully saturated rings. The number of rotatable bonds is 4. The third-order valence-electron chi connectivity index (χ3n) is 3.79. The molecule has 4 heteroatoms. The lowest BCUT2D eigenvalue weighted by molar-refractivity contribution is 0.173. The van der Waals surface area contributed by atoms with Crippen LogP contribution in [0.1, 0.15) is 39.5 Å². The van der Waals surface area contributed by atoms with Gasteiger partial charge in [0.1, 0.15) is 0 Å². The van der Waals surface area contributed by atoms with Crippen molar-refractivity contribution in [2.24, 2.45) is 11.8 Å². The minimum atomic E-state index is -0.933. The predicted molar refractivity (Wildman–Crippen MR) is 64.6 cm³/mol. The van der Waals surface area contributed by atoms with E-state index in [9.17, 15) is 4.79 Å². The highest BCUT2D eigenvalue weighted by molar-refractivity contribution is 5.64. The zero-order valence-electron chi connectivity index (χ0n) is 10.5. The maximum Gasteiger partial charge on any atom is 0.404 e. The molecule has 1 rings (SSSR count). The first-order valence-electron chi connectivity index (χ1n) is 6.21. The molecule has 1 aliphatic carbocycles. The number of hydrogen-bond donors (Lipinski definition) is 3. The van der Waals surface area contributed by atoms with Crippen LogP contribution < -0.4 is 10.6 Å². The molecule has 94 valence electrons. The highest BCUT2D eigenvalue weighted by Crippen LogP contribution is 2.31. The molecule has 16 heavy (non-hydrogen) atoms. The van der Waals surface area contributed by atoms with Crippen molar-refractivity contribution < 1.29 is 9.90 Å². The van der Waals surface area contributed by atoms with E-state index in [4.69, 9.17) is 5.11 Å². The fraction of sp³-hybridized carbons (Fsp3) is 0.917. The normalized spacial score (nSPS) is 29.4. The second-order valence-electron chi connectivity index (χ2n) is 5.07. The summed E-state index contributed by atoms with van der Waals surface area (Å²) in [6.45, 7) is 4.23. The number of carbonyl (C=O) groups is 1. The lowest BCUT2D eigenvalue weighted by Crippen LogP contribution is -2.51. The second kappa shape index (κ2) is 6.09. The molecule has 0 radical (unpaired) electrons. The molecule has 0 heterocycles. The molecule has 0 bridgehead atoms. The third kappa shape index (κ3) is 3.67. The molecule has 0 aromatic carbocycles. The van der Waals surface area contributed by atoms with Gasteiger partial charge < -0.3 is 15.7 Å². The van der Waals surface area contributed by atoms with Gasteiger partial charge in [0, 0.05) is 12.1 Å². The Balaban J connectivity index is 2.49. The summed E-state index contributed by atoms with van der Waals surface area (Å²) in [6.07, 6.45) is 4.01. The first-order chi connectivity index (χ1) is 7.54. The molecule has 2 unspecified atom stereocenters. The smallest absolute Gasteiger partial charge is 0.404 e. The lowest BCUT2D eigenvalue weighted by atomic mass is 9.77. The van der Waals surface area contributed by atoms with Crippen molar-refractivity contribution in [1.29, 1.82) is 0 Å². The molecular weight excluding hydrogens is 204 g/mol. The van der Waals surface area contributed by atoms with E-state index in [-0.39, 0.29) is 12.1 Å². The summed E-state index contributed by atoms with van der Waals surface area (Å²) in [5.74, 6) is 1.43. The molecule has 1 saturated carbocycles. The minimum Gasteiger partial charge on any atom is -0.465 e. The molecule has 4 nitrogen and oxygen atoms in total. The Bertz CT molecular complexity index is 225. The summed E-state index contributed by atoms with van der Waals surface area (Å²) in [6, 6.07) is 0.226. The molecular formula is C12H24N2O2. The highest BCUT2D eigenvalue weighted by Gasteiger charge is 2.29. The first-order valence-corrected chi connectivity index (χ1v) is 6.21. The Morgan fingerprint density at radius 1 is 1.31 bits per heavy atom. The standard InChI is InChI=1S/C12H24N2O2/c1-8-4-6-10(7-5-8)11(13-3)9(2)14-12(15)16/h8-11,13-14H,4-7H2,1-3H3,(H,15,16). The van der Waals surface area contributed by atoms with Gasteiger partial charge in [-0.05, 0) is 38.6 Å². The lowest BCUT2D eigenvalue weighted by Gasteiger charge is -2.35. The van der Waals surface area contributed by atoms with Crippen molar-refractivity contribution in [3.63, 3.8) is 0 Å². The monoisotopic (exact) mass is 228 g/mol. The zero-order chi connectivity index (χ0) is 12.1. The Hall–Kier alpha value is -0.770. The molecule has 0 aromatic heterocycles. The van der Waals surface area contributed by atoms with E-state index < -0.39 is 6.09 Å². The van der Waals surface area contributed by atoms with Gasteiger partial charge >= 0.3 is 6.09 Å². The van der Waals surface area contributed by atoms with Gasteiger partial charge in [-0.15, -0.1) is 0 Å². The SMILES string of the molecule is CNC(C1CCC(C)CC1)C(C)NC(=O)O. The van der Waals surface area contributed by atoms with Crippen LogP contribution in [-0.2, 0) is 0 Å². The first kappa shape index (κ1) is 13.3.